The standard InChI is InChI=1S/C18H21NO2/c1-18(2)12-8-7-11(15(18)9-12)10-19-16(20)13-5-3-4-6-14(13)17(19)21/h3-6,11-12,15H,7-10H2,1-2H3. The highest BCUT2D eigenvalue weighted by molar-refractivity contribution is 6.21. The van der Waals surface area contributed by atoms with Gasteiger partial charge in [0.15, 0.2) is 0 Å². The lowest BCUT2D eigenvalue weighted by atomic mass is 9.45. The van der Waals surface area contributed by atoms with Crippen molar-refractivity contribution in [3.05, 3.63) is 35.4 Å². The van der Waals surface area contributed by atoms with Gasteiger partial charge in [0.25, 0.3) is 11.8 Å². The maximum atomic E-state index is 12.5. The molecule has 0 saturated heterocycles. The Kier molecular flexibility index (Phi) is 2.60. The first-order chi connectivity index (χ1) is 10.00. The summed E-state index contributed by atoms with van der Waals surface area (Å²) in [6, 6.07) is 7.18. The van der Waals surface area contributed by atoms with E-state index >= 15 is 0 Å². The maximum absolute atomic E-state index is 12.5. The molecule has 2 amide bonds. The highest BCUT2D eigenvalue weighted by atomic mass is 16.2. The second-order valence-corrected chi connectivity index (χ2v) is 7.46. The largest absolute Gasteiger partial charge is 0.274 e. The number of nitrogens with zero attached hydrogens (tertiary/aromatic N) is 1. The Labute approximate surface area is 125 Å². The van der Waals surface area contributed by atoms with Crippen LogP contribution in [0.2, 0.25) is 0 Å². The Bertz CT molecular complexity index is 597. The van der Waals surface area contributed by atoms with Gasteiger partial charge >= 0.3 is 0 Å². The van der Waals surface area contributed by atoms with Gasteiger partial charge in [-0.05, 0) is 54.6 Å². The van der Waals surface area contributed by atoms with E-state index in [1.807, 2.05) is 12.1 Å². The molecule has 110 valence electrons. The number of benzene rings is 1. The molecule has 3 heteroatoms. The van der Waals surface area contributed by atoms with Crippen molar-refractivity contribution >= 4 is 11.8 Å². The minimum atomic E-state index is -0.102. The predicted octanol–water partition coefficient (Wildman–Crippen LogP) is 3.35. The van der Waals surface area contributed by atoms with Gasteiger partial charge in [-0.2, -0.15) is 0 Å². The van der Waals surface area contributed by atoms with Crippen LogP contribution in [0.25, 0.3) is 0 Å². The molecule has 3 unspecified atom stereocenters. The second-order valence-electron chi connectivity index (χ2n) is 7.46. The van der Waals surface area contributed by atoms with Crippen LogP contribution < -0.4 is 0 Å². The number of rotatable bonds is 2. The second kappa shape index (κ2) is 4.19. The van der Waals surface area contributed by atoms with E-state index in [1.54, 1.807) is 12.1 Å². The van der Waals surface area contributed by atoms with E-state index < -0.39 is 0 Å². The van der Waals surface area contributed by atoms with E-state index in [-0.39, 0.29) is 11.8 Å². The van der Waals surface area contributed by atoms with Crippen LogP contribution in [0, 0.1) is 23.2 Å². The molecule has 5 rings (SSSR count). The van der Waals surface area contributed by atoms with E-state index in [2.05, 4.69) is 13.8 Å². The van der Waals surface area contributed by atoms with E-state index in [4.69, 9.17) is 0 Å². The van der Waals surface area contributed by atoms with Gasteiger partial charge in [-0.15, -0.1) is 0 Å². The summed E-state index contributed by atoms with van der Waals surface area (Å²) in [6.45, 7) is 5.30. The average molecular weight is 283 g/mol. The molecule has 0 spiro atoms. The highest BCUT2D eigenvalue weighted by Gasteiger charge is 2.55. The molecular weight excluding hydrogens is 262 g/mol. The lowest BCUT2D eigenvalue weighted by Crippen LogP contribution is -2.55. The van der Waals surface area contributed by atoms with Crippen LogP contribution in [0.5, 0.6) is 0 Å². The number of amides is 2. The molecule has 1 aliphatic heterocycles. The lowest BCUT2D eigenvalue weighted by Gasteiger charge is -2.60. The summed E-state index contributed by atoms with van der Waals surface area (Å²) in [5, 5.41) is 0. The summed E-state index contributed by atoms with van der Waals surface area (Å²) in [5.74, 6) is 1.79. The molecule has 3 fully saturated rings. The first-order valence-corrected chi connectivity index (χ1v) is 7.95. The minimum Gasteiger partial charge on any atom is -0.274 e. The van der Waals surface area contributed by atoms with E-state index in [0.29, 0.717) is 34.9 Å². The maximum Gasteiger partial charge on any atom is 0.261 e. The van der Waals surface area contributed by atoms with Crippen LogP contribution in [-0.2, 0) is 0 Å². The Hall–Kier alpha value is -1.64. The van der Waals surface area contributed by atoms with Crippen molar-refractivity contribution < 1.29 is 9.59 Å². The third-order valence-electron chi connectivity index (χ3n) is 6.30. The van der Waals surface area contributed by atoms with Crippen molar-refractivity contribution in [1.29, 1.82) is 0 Å². The van der Waals surface area contributed by atoms with Gasteiger partial charge in [-0.1, -0.05) is 26.0 Å². The van der Waals surface area contributed by atoms with Crippen LogP contribution in [0.15, 0.2) is 24.3 Å². The zero-order valence-electron chi connectivity index (χ0n) is 12.6. The van der Waals surface area contributed by atoms with Gasteiger partial charge in [0.1, 0.15) is 0 Å². The molecule has 21 heavy (non-hydrogen) atoms. The Morgan fingerprint density at radius 2 is 1.71 bits per heavy atom. The average Bonchev–Trinajstić information content (AvgIpc) is 2.73. The number of carbonyl (C=O) groups is 2. The number of hydrogen-bond donors (Lipinski definition) is 0. The van der Waals surface area contributed by atoms with Crippen LogP contribution in [0.3, 0.4) is 0 Å². The Morgan fingerprint density at radius 1 is 1.10 bits per heavy atom. The molecule has 3 atom stereocenters. The van der Waals surface area contributed by atoms with Gasteiger partial charge in [0, 0.05) is 6.54 Å². The Balaban J connectivity index is 1.57. The van der Waals surface area contributed by atoms with E-state index in [9.17, 15) is 9.59 Å². The third kappa shape index (κ3) is 1.66. The van der Waals surface area contributed by atoms with Gasteiger partial charge in [-0.25, -0.2) is 0 Å². The lowest BCUT2D eigenvalue weighted by molar-refractivity contribution is -0.107. The fraction of sp³-hybridized carbons (Fsp3) is 0.556. The molecule has 0 N–H and O–H groups in total. The molecule has 1 heterocycles. The van der Waals surface area contributed by atoms with Crippen molar-refractivity contribution in [2.45, 2.75) is 33.1 Å². The quantitative estimate of drug-likeness (QED) is 0.780. The molecule has 3 nitrogen and oxygen atoms in total. The number of hydrogen-bond acceptors (Lipinski definition) is 2. The van der Waals surface area contributed by atoms with Crippen molar-refractivity contribution in [1.82, 2.24) is 4.90 Å². The summed E-state index contributed by atoms with van der Waals surface area (Å²) in [4.78, 5) is 26.4. The smallest absolute Gasteiger partial charge is 0.261 e. The highest BCUT2D eigenvalue weighted by Crippen LogP contribution is 2.61. The normalized spacial score (nSPS) is 32.9. The third-order valence-corrected chi connectivity index (χ3v) is 6.30. The number of imide groups is 1. The summed E-state index contributed by atoms with van der Waals surface area (Å²) >= 11 is 0. The number of carbonyl (C=O) groups excluding carboxylic acids is 2. The summed E-state index contributed by atoms with van der Waals surface area (Å²) < 4.78 is 0. The molecule has 3 aliphatic carbocycles. The first-order valence-electron chi connectivity index (χ1n) is 7.95. The van der Waals surface area contributed by atoms with E-state index in [0.717, 1.165) is 12.3 Å². The van der Waals surface area contributed by atoms with Crippen molar-refractivity contribution in [2.75, 3.05) is 6.54 Å². The van der Waals surface area contributed by atoms with E-state index in [1.165, 1.54) is 17.7 Å². The van der Waals surface area contributed by atoms with Gasteiger partial charge in [0.05, 0.1) is 11.1 Å². The van der Waals surface area contributed by atoms with Gasteiger partial charge < -0.3 is 0 Å². The van der Waals surface area contributed by atoms with Crippen molar-refractivity contribution in [3.63, 3.8) is 0 Å². The molecule has 1 aromatic carbocycles. The summed E-state index contributed by atoms with van der Waals surface area (Å²) in [6.07, 6.45) is 3.68. The van der Waals surface area contributed by atoms with Crippen molar-refractivity contribution in [3.8, 4) is 0 Å². The first kappa shape index (κ1) is 13.1. The van der Waals surface area contributed by atoms with Crippen LogP contribution in [0.1, 0.15) is 53.8 Å². The Morgan fingerprint density at radius 3 is 2.24 bits per heavy atom. The summed E-state index contributed by atoms with van der Waals surface area (Å²) in [5.41, 5.74) is 1.54. The minimum absolute atomic E-state index is 0.102. The molecular formula is C18H21NO2. The molecule has 0 radical (unpaired) electrons. The SMILES string of the molecule is CC1(C)C2CCC(CN3C(=O)c4ccccc4C3=O)C1C2. The molecule has 2 bridgehead atoms. The predicted molar refractivity (Wildman–Crippen MR) is 79.9 cm³/mol. The monoisotopic (exact) mass is 283 g/mol. The fourth-order valence-electron chi connectivity index (χ4n) is 4.82. The van der Waals surface area contributed by atoms with Crippen LogP contribution >= 0.6 is 0 Å². The molecule has 3 saturated carbocycles. The van der Waals surface area contributed by atoms with Gasteiger partial charge in [0.2, 0.25) is 0 Å². The van der Waals surface area contributed by atoms with Crippen LogP contribution in [0.4, 0.5) is 0 Å². The molecule has 1 aromatic rings. The topological polar surface area (TPSA) is 37.4 Å². The van der Waals surface area contributed by atoms with Crippen molar-refractivity contribution in [2.24, 2.45) is 23.2 Å². The zero-order valence-corrected chi connectivity index (χ0v) is 12.6. The molecule has 4 aliphatic rings. The van der Waals surface area contributed by atoms with Gasteiger partial charge in [-0.3, -0.25) is 14.5 Å². The molecule has 0 aromatic heterocycles. The zero-order chi connectivity index (χ0) is 14.8. The summed E-state index contributed by atoms with van der Waals surface area (Å²) in [7, 11) is 0. The fourth-order valence-corrected chi connectivity index (χ4v) is 4.82. The number of fused-ring (bicyclic) bond motifs is 3. The van der Waals surface area contributed by atoms with Crippen LogP contribution in [-0.4, -0.2) is 23.3 Å².